The smallest absolute Gasteiger partial charge is 0.319 e. The van der Waals surface area contributed by atoms with E-state index >= 15 is 0 Å². The Kier molecular flexibility index (Phi) is 6.12. The van der Waals surface area contributed by atoms with Crippen molar-refractivity contribution in [1.29, 1.82) is 0 Å². The van der Waals surface area contributed by atoms with E-state index in [2.05, 4.69) is 26.0 Å². The lowest BCUT2D eigenvalue weighted by atomic mass is 10.2. The lowest BCUT2D eigenvalue weighted by molar-refractivity contribution is -0.142. The molecule has 1 aromatic carbocycles. The number of esters is 1. The maximum Gasteiger partial charge on any atom is 0.319 e. The van der Waals surface area contributed by atoms with Gasteiger partial charge in [-0.15, -0.1) is 11.8 Å². The molecule has 0 fully saturated rings. The first-order chi connectivity index (χ1) is 8.17. The van der Waals surface area contributed by atoms with Gasteiger partial charge in [0, 0.05) is 4.90 Å². The lowest BCUT2D eigenvalue weighted by Gasteiger charge is -2.14. The predicted octanol–water partition coefficient (Wildman–Crippen LogP) is 3.82. The van der Waals surface area contributed by atoms with Crippen molar-refractivity contribution < 1.29 is 9.53 Å². The van der Waals surface area contributed by atoms with Gasteiger partial charge < -0.3 is 4.74 Å². The maximum atomic E-state index is 11.8. The average Bonchev–Trinajstić information content (AvgIpc) is 2.29. The standard InChI is InChI=1S/C14H20O2S/c1-4-7-13(14(15)16-5-2)17-12-9-6-8-11(3)10-12/h6,8-10,13H,4-5,7H2,1-3H3. The highest BCUT2D eigenvalue weighted by Gasteiger charge is 2.19. The average molecular weight is 252 g/mol. The van der Waals surface area contributed by atoms with E-state index < -0.39 is 0 Å². The summed E-state index contributed by atoms with van der Waals surface area (Å²) < 4.78 is 5.10. The lowest BCUT2D eigenvalue weighted by Crippen LogP contribution is -2.20. The van der Waals surface area contributed by atoms with Gasteiger partial charge in [0.15, 0.2) is 0 Å². The fourth-order valence-electron chi connectivity index (χ4n) is 1.58. The number of aryl methyl sites for hydroxylation is 1. The van der Waals surface area contributed by atoms with E-state index in [0.717, 1.165) is 17.7 Å². The Hall–Kier alpha value is -0.960. The molecule has 0 saturated heterocycles. The summed E-state index contributed by atoms with van der Waals surface area (Å²) in [6.45, 7) is 6.44. The minimum Gasteiger partial charge on any atom is -0.465 e. The van der Waals surface area contributed by atoms with Gasteiger partial charge in [0.25, 0.3) is 0 Å². The van der Waals surface area contributed by atoms with Gasteiger partial charge >= 0.3 is 5.97 Å². The molecule has 0 N–H and O–H groups in total. The minimum absolute atomic E-state index is 0.0817. The Morgan fingerprint density at radius 1 is 1.41 bits per heavy atom. The van der Waals surface area contributed by atoms with Crippen LogP contribution in [0.4, 0.5) is 0 Å². The highest BCUT2D eigenvalue weighted by molar-refractivity contribution is 8.00. The molecule has 0 radical (unpaired) electrons. The van der Waals surface area contributed by atoms with Crippen molar-refractivity contribution >= 4 is 17.7 Å². The Balaban J connectivity index is 2.69. The number of ether oxygens (including phenoxy) is 1. The molecule has 0 aliphatic carbocycles. The van der Waals surface area contributed by atoms with Gasteiger partial charge in [-0.1, -0.05) is 31.0 Å². The van der Waals surface area contributed by atoms with Crippen LogP contribution in [0.2, 0.25) is 0 Å². The van der Waals surface area contributed by atoms with Crippen molar-refractivity contribution in [3.63, 3.8) is 0 Å². The molecule has 0 heterocycles. The van der Waals surface area contributed by atoms with Gasteiger partial charge in [0.05, 0.1) is 6.61 Å². The van der Waals surface area contributed by atoms with E-state index in [-0.39, 0.29) is 11.2 Å². The zero-order valence-corrected chi connectivity index (χ0v) is 11.5. The highest BCUT2D eigenvalue weighted by atomic mass is 32.2. The molecule has 17 heavy (non-hydrogen) atoms. The number of hydrogen-bond acceptors (Lipinski definition) is 3. The van der Waals surface area contributed by atoms with Gasteiger partial charge in [-0.25, -0.2) is 0 Å². The Bertz CT molecular complexity index is 363. The van der Waals surface area contributed by atoms with E-state index in [1.807, 2.05) is 19.1 Å². The van der Waals surface area contributed by atoms with Crippen molar-refractivity contribution in [2.75, 3.05) is 6.61 Å². The molecule has 0 aromatic heterocycles. The second-order valence-electron chi connectivity index (χ2n) is 3.96. The molecule has 1 unspecified atom stereocenters. The molecule has 1 rings (SSSR count). The van der Waals surface area contributed by atoms with Gasteiger partial charge in [-0.2, -0.15) is 0 Å². The van der Waals surface area contributed by atoms with Crippen LogP contribution in [-0.4, -0.2) is 17.8 Å². The first-order valence-electron chi connectivity index (χ1n) is 6.07. The largest absolute Gasteiger partial charge is 0.465 e. The molecule has 0 spiro atoms. The fraction of sp³-hybridized carbons (Fsp3) is 0.500. The van der Waals surface area contributed by atoms with Gasteiger partial charge in [-0.3, -0.25) is 4.79 Å². The second kappa shape index (κ2) is 7.38. The summed E-state index contributed by atoms with van der Waals surface area (Å²) in [6.07, 6.45) is 1.85. The molecule has 94 valence electrons. The quantitative estimate of drug-likeness (QED) is 0.568. The summed E-state index contributed by atoms with van der Waals surface area (Å²) in [6, 6.07) is 8.22. The van der Waals surface area contributed by atoms with Crippen LogP contribution >= 0.6 is 11.8 Å². The molecule has 0 aliphatic heterocycles. The Labute approximate surface area is 108 Å². The van der Waals surface area contributed by atoms with Crippen LogP contribution in [0.15, 0.2) is 29.2 Å². The molecule has 3 heteroatoms. The first-order valence-corrected chi connectivity index (χ1v) is 6.95. The molecule has 0 amide bonds. The van der Waals surface area contributed by atoms with Crippen molar-refractivity contribution in [1.82, 2.24) is 0 Å². The zero-order chi connectivity index (χ0) is 12.7. The third kappa shape index (κ3) is 4.82. The topological polar surface area (TPSA) is 26.3 Å². The van der Waals surface area contributed by atoms with Crippen LogP contribution in [0.25, 0.3) is 0 Å². The fourth-order valence-corrected chi connectivity index (χ4v) is 2.83. The van der Waals surface area contributed by atoms with Crippen LogP contribution < -0.4 is 0 Å². The van der Waals surface area contributed by atoms with E-state index in [1.54, 1.807) is 11.8 Å². The van der Waals surface area contributed by atoms with Crippen LogP contribution in [0, 0.1) is 6.92 Å². The summed E-state index contributed by atoms with van der Waals surface area (Å²) in [5.41, 5.74) is 1.22. The van der Waals surface area contributed by atoms with Crippen LogP contribution in [0.3, 0.4) is 0 Å². The van der Waals surface area contributed by atoms with E-state index in [4.69, 9.17) is 4.74 Å². The van der Waals surface area contributed by atoms with Crippen LogP contribution in [-0.2, 0) is 9.53 Å². The van der Waals surface area contributed by atoms with Gasteiger partial charge in [0.1, 0.15) is 5.25 Å². The number of carbonyl (C=O) groups excluding carboxylic acids is 1. The SMILES string of the molecule is CCCC(Sc1cccc(C)c1)C(=O)OCC. The third-order valence-electron chi connectivity index (χ3n) is 2.37. The monoisotopic (exact) mass is 252 g/mol. The first kappa shape index (κ1) is 14.1. The van der Waals surface area contributed by atoms with E-state index in [0.29, 0.717) is 6.61 Å². The number of hydrogen-bond donors (Lipinski definition) is 0. The summed E-state index contributed by atoms with van der Waals surface area (Å²) in [4.78, 5) is 12.9. The minimum atomic E-state index is -0.0964. The highest BCUT2D eigenvalue weighted by Crippen LogP contribution is 2.27. The summed E-state index contributed by atoms with van der Waals surface area (Å²) >= 11 is 1.60. The Morgan fingerprint density at radius 3 is 2.76 bits per heavy atom. The second-order valence-corrected chi connectivity index (χ2v) is 5.24. The normalized spacial score (nSPS) is 12.2. The van der Waals surface area contributed by atoms with Gasteiger partial charge in [-0.05, 0) is 32.4 Å². The molecule has 0 bridgehead atoms. The van der Waals surface area contributed by atoms with Crippen molar-refractivity contribution in [3.8, 4) is 0 Å². The number of benzene rings is 1. The molecule has 0 aliphatic rings. The van der Waals surface area contributed by atoms with Crippen LogP contribution in [0.5, 0.6) is 0 Å². The van der Waals surface area contributed by atoms with Crippen molar-refractivity contribution in [2.24, 2.45) is 0 Å². The molecular weight excluding hydrogens is 232 g/mol. The third-order valence-corrected chi connectivity index (χ3v) is 3.61. The summed E-state index contributed by atoms with van der Waals surface area (Å²) in [5.74, 6) is -0.0964. The molecule has 1 aromatic rings. The van der Waals surface area contributed by atoms with E-state index in [9.17, 15) is 4.79 Å². The van der Waals surface area contributed by atoms with Crippen LogP contribution in [0.1, 0.15) is 32.3 Å². The summed E-state index contributed by atoms with van der Waals surface area (Å²) in [5, 5.41) is -0.0817. The summed E-state index contributed by atoms with van der Waals surface area (Å²) in [7, 11) is 0. The molecular formula is C14H20O2S. The number of rotatable bonds is 6. The van der Waals surface area contributed by atoms with Crippen molar-refractivity contribution in [2.45, 2.75) is 43.8 Å². The molecule has 0 saturated carbocycles. The predicted molar refractivity (Wildman–Crippen MR) is 72.4 cm³/mol. The van der Waals surface area contributed by atoms with E-state index in [1.165, 1.54) is 5.56 Å². The van der Waals surface area contributed by atoms with Gasteiger partial charge in [0.2, 0.25) is 0 Å². The number of carbonyl (C=O) groups is 1. The van der Waals surface area contributed by atoms with Crippen molar-refractivity contribution in [3.05, 3.63) is 29.8 Å². The molecule has 1 atom stereocenters. The Morgan fingerprint density at radius 2 is 2.18 bits per heavy atom. The number of thioether (sulfide) groups is 1. The molecule has 2 nitrogen and oxygen atoms in total. The zero-order valence-electron chi connectivity index (χ0n) is 10.7. The maximum absolute atomic E-state index is 11.8.